The molecule has 13 heteroatoms. The Hall–Kier alpha value is -3.16. The molecule has 1 amide bonds. The van der Waals surface area contributed by atoms with Gasteiger partial charge in [-0.2, -0.15) is 13.2 Å². The highest BCUT2D eigenvalue weighted by molar-refractivity contribution is 6.33. The van der Waals surface area contributed by atoms with Crippen molar-refractivity contribution in [2.45, 2.75) is 76.2 Å². The average Bonchev–Trinajstić information content (AvgIpc) is 3.45. The first-order valence-electron chi connectivity index (χ1n) is 14.9. The quantitative estimate of drug-likeness (QED) is 0.294. The zero-order chi connectivity index (χ0) is 31.6. The van der Waals surface area contributed by atoms with E-state index in [0.29, 0.717) is 45.3 Å². The zero-order valence-electron chi connectivity index (χ0n) is 24.1. The van der Waals surface area contributed by atoms with Gasteiger partial charge >= 0.3 is 6.18 Å². The molecule has 3 fully saturated rings. The summed E-state index contributed by atoms with van der Waals surface area (Å²) in [6.07, 6.45) is -3.30. The van der Waals surface area contributed by atoms with Crippen molar-refractivity contribution in [1.29, 1.82) is 5.41 Å². The van der Waals surface area contributed by atoms with Gasteiger partial charge in [-0.1, -0.05) is 13.8 Å². The maximum atomic E-state index is 14.7. The highest BCUT2D eigenvalue weighted by atomic mass is 19.4. The van der Waals surface area contributed by atoms with Crippen molar-refractivity contribution >= 4 is 29.0 Å². The summed E-state index contributed by atoms with van der Waals surface area (Å²) in [5, 5.41) is 34.6. The molecule has 1 heterocycles. The number of Topliss-reactive ketones (excluding diaryl/α,β-unsaturated/α-hetero) is 3. The van der Waals surface area contributed by atoms with Crippen molar-refractivity contribution in [1.82, 2.24) is 10.2 Å². The molecule has 1 aromatic carbocycles. The number of aromatic hydroxyl groups is 1. The van der Waals surface area contributed by atoms with Crippen molar-refractivity contribution in [3.63, 3.8) is 0 Å². The summed E-state index contributed by atoms with van der Waals surface area (Å²) in [4.78, 5) is 56.0. The SMILES string of the molecule is CCCN(CCC)C1C(=O)C(C(N)=O)C(=N)C2(O)C(=O)C3C(=O)c4c(O)cc(C5CCCN5)c(C(F)(F)F)c4CC3CC12. The monoisotopic (exact) mass is 606 g/mol. The van der Waals surface area contributed by atoms with Gasteiger partial charge < -0.3 is 26.7 Å². The lowest BCUT2D eigenvalue weighted by molar-refractivity contribution is -0.158. The number of nitrogens with two attached hydrogens (primary N) is 1. The van der Waals surface area contributed by atoms with Crippen molar-refractivity contribution in [3.8, 4) is 5.75 Å². The van der Waals surface area contributed by atoms with Gasteiger partial charge in [0.05, 0.1) is 28.8 Å². The lowest BCUT2D eigenvalue weighted by Gasteiger charge is -2.54. The molecule has 10 nitrogen and oxygen atoms in total. The van der Waals surface area contributed by atoms with Gasteiger partial charge in [-0.25, -0.2) is 0 Å². The molecule has 6 N–H and O–H groups in total. The lowest BCUT2D eigenvalue weighted by Crippen LogP contribution is -2.74. The van der Waals surface area contributed by atoms with Crippen molar-refractivity contribution < 1.29 is 42.6 Å². The molecule has 5 rings (SSSR count). The van der Waals surface area contributed by atoms with Gasteiger partial charge in [0.15, 0.2) is 23.0 Å². The molecule has 7 unspecified atom stereocenters. The summed E-state index contributed by atoms with van der Waals surface area (Å²) in [6, 6.07) is -0.967. The van der Waals surface area contributed by atoms with Crippen LogP contribution in [0.15, 0.2) is 6.07 Å². The number of halogens is 3. The Bertz CT molecular complexity index is 1380. The Kier molecular flexibility index (Phi) is 8.06. The summed E-state index contributed by atoms with van der Waals surface area (Å²) in [5.74, 6) is -10.8. The number of nitrogens with zero attached hydrogens (tertiary/aromatic N) is 1. The third kappa shape index (κ3) is 4.71. The molecule has 234 valence electrons. The number of carbonyl (C=O) groups is 4. The maximum Gasteiger partial charge on any atom is 0.417 e. The van der Waals surface area contributed by atoms with Crippen LogP contribution in [0.5, 0.6) is 5.75 Å². The molecule has 4 aliphatic rings. The van der Waals surface area contributed by atoms with Gasteiger partial charge in [-0.15, -0.1) is 0 Å². The van der Waals surface area contributed by atoms with Crippen LogP contribution in [0.4, 0.5) is 13.2 Å². The number of hydrogen-bond donors (Lipinski definition) is 5. The van der Waals surface area contributed by atoms with Crippen LogP contribution >= 0.6 is 0 Å². The third-order valence-corrected chi connectivity index (χ3v) is 9.73. The molecule has 1 saturated heterocycles. The first-order chi connectivity index (χ1) is 20.2. The van der Waals surface area contributed by atoms with Gasteiger partial charge in [0.1, 0.15) is 11.7 Å². The normalized spacial score (nSPS) is 32.5. The minimum atomic E-state index is -4.87. The predicted octanol–water partition coefficient (Wildman–Crippen LogP) is 2.32. The van der Waals surface area contributed by atoms with E-state index in [1.54, 1.807) is 4.90 Å². The number of phenolic OH excluding ortho intramolecular Hbond substituents is 1. The van der Waals surface area contributed by atoms with Crippen molar-refractivity contribution in [3.05, 3.63) is 28.3 Å². The van der Waals surface area contributed by atoms with Gasteiger partial charge in [0, 0.05) is 12.0 Å². The van der Waals surface area contributed by atoms with E-state index in [2.05, 4.69) is 5.32 Å². The number of nitrogens with one attached hydrogen (secondary N) is 2. The molecule has 0 radical (unpaired) electrons. The summed E-state index contributed by atoms with van der Waals surface area (Å²) < 4.78 is 44.1. The second kappa shape index (κ2) is 11.1. The number of alkyl halides is 3. The van der Waals surface area contributed by atoms with Crippen LogP contribution in [0.3, 0.4) is 0 Å². The minimum absolute atomic E-state index is 0.167. The Morgan fingerprint density at radius 3 is 2.40 bits per heavy atom. The highest BCUT2D eigenvalue weighted by Gasteiger charge is 2.68. The van der Waals surface area contributed by atoms with Crippen LogP contribution in [0.2, 0.25) is 0 Å². The van der Waals surface area contributed by atoms with E-state index in [4.69, 9.17) is 11.1 Å². The molecule has 2 saturated carbocycles. The Labute approximate surface area is 246 Å². The molecule has 7 atom stereocenters. The van der Waals surface area contributed by atoms with E-state index in [1.165, 1.54) is 0 Å². The number of phenols is 1. The van der Waals surface area contributed by atoms with Gasteiger partial charge in [-0.05, 0) is 81.3 Å². The van der Waals surface area contributed by atoms with Crippen LogP contribution in [0, 0.1) is 29.1 Å². The lowest BCUT2D eigenvalue weighted by atomic mass is 9.52. The van der Waals surface area contributed by atoms with Gasteiger partial charge in [-0.3, -0.25) is 24.1 Å². The molecule has 43 heavy (non-hydrogen) atoms. The zero-order valence-corrected chi connectivity index (χ0v) is 24.1. The molecular formula is C30H37F3N4O6. The molecule has 1 aromatic rings. The average molecular weight is 607 g/mol. The van der Waals surface area contributed by atoms with Gasteiger partial charge in [0.2, 0.25) is 5.91 Å². The number of primary amides is 1. The summed E-state index contributed by atoms with van der Waals surface area (Å²) >= 11 is 0. The van der Waals surface area contributed by atoms with Crippen LogP contribution in [-0.2, 0) is 27.0 Å². The number of carbonyl (C=O) groups excluding carboxylic acids is 4. The fraction of sp³-hybridized carbons (Fsp3) is 0.633. The topological polar surface area (TPSA) is 174 Å². The number of benzene rings is 1. The van der Waals surface area contributed by atoms with Crippen molar-refractivity contribution in [2.75, 3.05) is 19.6 Å². The third-order valence-electron chi connectivity index (χ3n) is 9.73. The second-order valence-electron chi connectivity index (χ2n) is 12.3. The van der Waals surface area contributed by atoms with E-state index in [0.717, 1.165) is 6.07 Å². The number of rotatable bonds is 7. The molecule has 0 aromatic heterocycles. The minimum Gasteiger partial charge on any atom is -0.507 e. The molecule has 1 aliphatic heterocycles. The molecule has 0 spiro atoms. The largest absolute Gasteiger partial charge is 0.507 e. The van der Waals surface area contributed by atoms with E-state index in [-0.39, 0.29) is 12.0 Å². The maximum absolute atomic E-state index is 14.7. The Morgan fingerprint density at radius 2 is 1.86 bits per heavy atom. The van der Waals surface area contributed by atoms with E-state index >= 15 is 0 Å². The van der Waals surface area contributed by atoms with Crippen LogP contribution in [-0.4, -0.2) is 75.4 Å². The number of amides is 1. The van der Waals surface area contributed by atoms with Gasteiger partial charge in [0.25, 0.3) is 0 Å². The second-order valence-corrected chi connectivity index (χ2v) is 12.3. The number of aliphatic hydroxyl groups is 1. The standard InChI is InChI=1S/C30H37F3N4O6/c1-3-8-37(9-4-2)23-16-11-13-10-15-20(18(38)12-14(17-6-5-7-36-17)22(15)30(31,32)33)24(39)19(13)27(41)29(16,43)26(34)21(25(23)40)28(35)42/h12-13,16-17,19,21,23,34,36,38,43H,3-11H2,1-2H3,(H2,35,42). The smallest absolute Gasteiger partial charge is 0.417 e. The van der Waals surface area contributed by atoms with Crippen LogP contribution < -0.4 is 11.1 Å². The summed E-state index contributed by atoms with van der Waals surface area (Å²) in [6.45, 7) is 4.91. The van der Waals surface area contributed by atoms with Crippen LogP contribution in [0.25, 0.3) is 0 Å². The van der Waals surface area contributed by atoms with E-state index < -0.39 is 105 Å². The summed E-state index contributed by atoms with van der Waals surface area (Å²) in [5.41, 5.74) is -0.339. The number of ketones is 3. The first kappa shape index (κ1) is 31.3. The molecular weight excluding hydrogens is 569 g/mol. The Morgan fingerprint density at radius 1 is 1.21 bits per heavy atom. The van der Waals surface area contributed by atoms with Crippen LogP contribution in [0.1, 0.15) is 79.0 Å². The predicted molar refractivity (Wildman–Crippen MR) is 148 cm³/mol. The molecule has 3 aliphatic carbocycles. The highest BCUT2D eigenvalue weighted by Crippen LogP contribution is 2.53. The molecule has 0 bridgehead atoms. The fourth-order valence-electron chi connectivity index (χ4n) is 8.11. The summed E-state index contributed by atoms with van der Waals surface area (Å²) in [7, 11) is 0. The fourth-order valence-corrected chi connectivity index (χ4v) is 8.11. The Balaban J connectivity index is 1.68. The van der Waals surface area contributed by atoms with E-state index in [9.17, 15) is 42.6 Å². The van der Waals surface area contributed by atoms with E-state index in [1.807, 2.05) is 13.8 Å². The van der Waals surface area contributed by atoms with Crippen molar-refractivity contribution in [2.24, 2.45) is 29.4 Å². The first-order valence-corrected chi connectivity index (χ1v) is 14.9. The number of hydrogen-bond acceptors (Lipinski definition) is 9. The number of fused-ring (bicyclic) bond motifs is 3.